The van der Waals surface area contributed by atoms with Crippen LogP contribution >= 0.6 is 15.9 Å². The van der Waals surface area contributed by atoms with E-state index in [1.54, 1.807) is 7.05 Å². The van der Waals surface area contributed by atoms with Gasteiger partial charge in [-0.2, -0.15) is 0 Å². The summed E-state index contributed by atoms with van der Waals surface area (Å²) in [6.07, 6.45) is 4.42. The quantitative estimate of drug-likeness (QED) is 0.732. The molecule has 0 spiro atoms. The van der Waals surface area contributed by atoms with Gasteiger partial charge in [0.05, 0.1) is 0 Å². The van der Waals surface area contributed by atoms with Crippen molar-refractivity contribution in [2.75, 3.05) is 10.2 Å². The van der Waals surface area contributed by atoms with Crippen LogP contribution in [-0.2, 0) is 20.6 Å². The molecule has 1 atom stereocenters. The van der Waals surface area contributed by atoms with Gasteiger partial charge in [-0.1, -0.05) is 41.1 Å². The van der Waals surface area contributed by atoms with Crippen molar-refractivity contribution >= 4 is 27.4 Å². The number of benzene rings is 1. The highest BCUT2D eigenvalue weighted by Crippen LogP contribution is 2.33. The van der Waals surface area contributed by atoms with E-state index in [1.807, 2.05) is 24.3 Å². The SMILES string of the molecule is CC1CCC(NC2Nc3c(c(=O)n(C)c(=O)n3C)N2Cc2ccccc2Br)CC1. The molecule has 0 radical (unpaired) electrons. The molecule has 2 aliphatic rings. The average Bonchev–Trinajstić information content (AvgIpc) is 3.06. The van der Waals surface area contributed by atoms with Crippen LogP contribution in [0.25, 0.3) is 0 Å². The maximum absolute atomic E-state index is 13.0. The minimum Gasteiger partial charge on any atom is -0.337 e. The van der Waals surface area contributed by atoms with Crippen LogP contribution in [0.3, 0.4) is 0 Å². The summed E-state index contributed by atoms with van der Waals surface area (Å²) in [6, 6.07) is 8.41. The molecule has 1 saturated carbocycles. The van der Waals surface area contributed by atoms with E-state index < -0.39 is 0 Å². The Bertz CT molecular complexity index is 1020. The van der Waals surface area contributed by atoms with E-state index in [2.05, 4.69) is 38.4 Å². The molecule has 2 aromatic rings. The number of fused-ring (bicyclic) bond motifs is 1. The van der Waals surface area contributed by atoms with Gasteiger partial charge in [-0.15, -0.1) is 0 Å². The molecule has 2 N–H and O–H groups in total. The lowest BCUT2D eigenvalue weighted by molar-refractivity contribution is 0.291. The first kappa shape index (κ1) is 20.2. The Hall–Kier alpha value is -2.06. The molecule has 1 aliphatic carbocycles. The molecule has 1 fully saturated rings. The van der Waals surface area contributed by atoms with Gasteiger partial charge in [0, 0.05) is 31.2 Å². The summed E-state index contributed by atoms with van der Waals surface area (Å²) in [7, 11) is 3.24. The Morgan fingerprint density at radius 1 is 1.10 bits per heavy atom. The van der Waals surface area contributed by atoms with Crippen LogP contribution < -0.4 is 26.8 Å². The Balaban J connectivity index is 1.71. The minimum atomic E-state index is -0.325. The van der Waals surface area contributed by atoms with Crippen molar-refractivity contribution in [3.05, 3.63) is 55.1 Å². The highest BCUT2D eigenvalue weighted by molar-refractivity contribution is 9.10. The molecule has 0 bridgehead atoms. The number of nitrogens with one attached hydrogen (secondary N) is 2. The highest BCUT2D eigenvalue weighted by atomic mass is 79.9. The Labute approximate surface area is 178 Å². The summed E-state index contributed by atoms with van der Waals surface area (Å²) in [5.74, 6) is 1.35. The first-order valence-electron chi connectivity index (χ1n) is 10.2. The standard InChI is InChI=1S/C21H28BrN5O2/c1-13-8-10-15(11-9-13)23-20-24-18-17(19(28)26(3)21(29)25(18)2)27(20)12-14-6-4-5-7-16(14)22/h4-7,13,15,20,23-24H,8-12H2,1-3H3. The van der Waals surface area contributed by atoms with Gasteiger partial charge in [0.25, 0.3) is 5.56 Å². The Morgan fingerprint density at radius 3 is 2.48 bits per heavy atom. The first-order chi connectivity index (χ1) is 13.9. The second-order valence-electron chi connectivity index (χ2n) is 8.29. The summed E-state index contributed by atoms with van der Waals surface area (Å²) in [4.78, 5) is 27.5. The average molecular weight is 462 g/mol. The third-order valence-corrected chi connectivity index (χ3v) is 6.99. The van der Waals surface area contributed by atoms with E-state index in [0.717, 1.165) is 28.8 Å². The summed E-state index contributed by atoms with van der Waals surface area (Å²) in [6.45, 7) is 2.86. The van der Waals surface area contributed by atoms with E-state index in [-0.39, 0.29) is 17.5 Å². The van der Waals surface area contributed by atoms with Crippen LogP contribution in [0.1, 0.15) is 38.2 Å². The van der Waals surface area contributed by atoms with Crippen molar-refractivity contribution in [1.82, 2.24) is 14.5 Å². The third kappa shape index (κ3) is 3.75. The van der Waals surface area contributed by atoms with Crippen molar-refractivity contribution < 1.29 is 0 Å². The van der Waals surface area contributed by atoms with Gasteiger partial charge in [-0.3, -0.25) is 19.2 Å². The van der Waals surface area contributed by atoms with Crippen LogP contribution in [0, 0.1) is 5.92 Å². The monoisotopic (exact) mass is 461 g/mol. The van der Waals surface area contributed by atoms with Crippen molar-refractivity contribution in [2.45, 2.75) is 51.5 Å². The van der Waals surface area contributed by atoms with Crippen LogP contribution in [0.5, 0.6) is 0 Å². The normalized spacial score (nSPS) is 23.7. The van der Waals surface area contributed by atoms with Crippen LogP contribution in [-0.4, -0.2) is 21.5 Å². The number of aromatic nitrogens is 2. The predicted molar refractivity (Wildman–Crippen MR) is 119 cm³/mol. The predicted octanol–water partition coefficient (Wildman–Crippen LogP) is 2.73. The van der Waals surface area contributed by atoms with Crippen LogP contribution in [0.2, 0.25) is 0 Å². The number of hydrogen-bond donors (Lipinski definition) is 2. The van der Waals surface area contributed by atoms with Crippen molar-refractivity contribution in [3.63, 3.8) is 0 Å². The zero-order chi connectivity index (χ0) is 20.7. The van der Waals surface area contributed by atoms with Gasteiger partial charge >= 0.3 is 5.69 Å². The molecule has 7 nitrogen and oxygen atoms in total. The molecule has 2 heterocycles. The molecule has 1 aliphatic heterocycles. The maximum atomic E-state index is 13.0. The van der Waals surface area contributed by atoms with Crippen molar-refractivity contribution in [3.8, 4) is 0 Å². The number of nitrogens with zero attached hydrogens (tertiary/aromatic N) is 3. The van der Waals surface area contributed by atoms with Gasteiger partial charge in [0.2, 0.25) is 0 Å². The highest BCUT2D eigenvalue weighted by Gasteiger charge is 2.36. The lowest BCUT2D eigenvalue weighted by atomic mass is 9.87. The van der Waals surface area contributed by atoms with Gasteiger partial charge in [0.1, 0.15) is 11.5 Å². The number of rotatable bonds is 4. The third-order valence-electron chi connectivity index (χ3n) is 6.22. The number of hydrogen-bond acceptors (Lipinski definition) is 5. The van der Waals surface area contributed by atoms with Gasteiger partial charge in [0.15, 0.2) is 6.29 Å². The molecule has 1 aromatic carbocycles. The van der Waals surface area contributed by atoms with Crippen LogP contribution in [0.15, 0.2) is 38.3 Å². The second-order valence-corrected chi connectivity index (χ2v) is 9.15. The van der Waals surface area contributed by atoms with Gasteiger partial charge < -0.3 is 10.2 Å². The zero-order valence-electron chi connectivity index (χ0n) is 17.1. The zero-order valence-corrected chi connectivity index (χ0v) is 18.7. The molecule has 29 heavy (non-hydrogen) atoms. The van der Waals surface area contributed by atoms with Crippen molar-refractivity contribution in [1.29, 1.82) is 0 Å². The molecule has 0 saturated heterocycles. The summed E-state index contributed by atoms with van der Waals surface area (Å²) in [5, 5.41) is 7.11. The fourth-order valence-electron chi connectivity index (χ4n) is 4.35. The summed E-state index contributed by atoms with van der Waals surface area (Å²) >= 11 is 3.62. The molecule has 156 valence electrons. The lowest BCUT2D eigenvalue weighted by Crippen LogP contribution is -2.52. The molecular weight excluding hydrogens is 434 g/mol. The van der Waals surface area contributed by atoms with Gasteiger partial charge in [-0.05, 0) is 43.2 Å². The largest absolute Gasteiger partial charge is 0.337 e. The first-order valence-corrected chi connectivity index (χ1v) is 11.0. The Kier molecular flexibility index (Phi) is 5.57. The molecule has 1 unspecified atom stereocenters. The maximum Gasteiger partial charge on any atom is 0.332 e. The molecule has 4 rings (SSSR count). The van der Waals surface area contributed by atoms with E-state index >= 15 is 0 Å². The topological polar surface area (TPSA) is 71.3 Å². The number of halogens is 1. The smallest absolute Gasteiger partial charge is 0.332 e. The van der Waals surface area contributed by atoms with Crippen LogP contribution in [0.4, 0.5) is 11.5 Å². The van der Waals surface area contributed by atoms with E-state index in [0.29, 0.717) is 24.1 Å². The lowest BCUT2D eigenvalue weighted by Gasteiger charge is -2.34. The van der Waals surface area contributed by atoms with Crippen molar-refractivity contribution in [2.24, 2.45) is 20.0 Å². The van der Waals surface area contributed by atoms with Gasteiger partial charge in [-0.25, -0.2) is 4.79 Å². The van der Waals surface area contributed by atoms with E-state index in [1.165, 1.54) is 29.0 Å². The molecule has 1 aromatic heterocycles. The molecule has 0 amide bonds. The Morgan fingerprint density at radius 2 is 1.79 bits per heavy atom. The minimum absolute atomic E-state index is 0.240. The number of anilines is 2. The fourth-order valence-corrected chi connectivity index (χ4v) is 4.76. The summed E-state index contributed by atoms with van der Waals surface area (Å²) < 4.78 is 3.70. The van der Waals surface area contributed by atoms with E-state index in [9.17, 15) is 9.59 Å². The molecule has 8 heteroatoms. The molecular formula is C21H28BrN5O2. The second kappa shape index (κ2) is 7.99. The summed E-state index contributed by atoms with van der Waals surface area (Å²) in [5.41, 5.74) is 1.02. The fraction of sp³-hybridized carbons (Fsp3) is 0.524. The van der Waals surface area contributed by atoms with E-state index in [4.69, 9.17) is 0 Å².